The summed E-state index contributed by atoms with van der Waals surface area (Å²) in [4.78, 5) is 33.4. The first-order chi connectivity index (χ1) is 9.45. The molecular weight excluding hydrogens is 266 g/mol. The third kappa shape index (κ3) is 4.16. The lowest BCUT2D eigenvalue weighted by molar-refractivity contribution is -0.123. The van der Waals surface area contributed by atoms with E-state index in [1.165, 1.54) is 6.07 Å². The zero-order valence-corrected chi connectivity index (χ0v) is 10.8. The number of amides is 3. The van der Waals surface area contributed by atoms with E-state index < -0.39 is 24.5 Å². The zero-order valence-electron chi connectivity index (χ0n) is 10.8. The number of hydrogen-bond donors (Lipinski definition) is 3. The van der Waals surface area contributed by atoms with Gasteiger partial charge >= 0.3 is 12.0 Å². The first kappa shape index (κ1) is 15.3. The van der Waals surface area contributed by atoms with Crippen molar-refractivity contribution in [2.24, 2.45) is 5.73 Å². The first-order valence-corrected chi connectivity index (χ1v) is 5.73. The Labute approximate surface area is 115 Å². The number of esters is 1. The molecule has 0 bridgehead atoms. The van der Waals surface area contributed by atoms with Crippen molar-refractivity contribution < 1.29 is 23.9 Å². The van der Waals surface area contributed by atoms with Crippen molar-refractivity contribution in [1.29, 1.82) is 0 Å². The Balaban J connectivity index is 2.77. The highest BCUT2D eigenvalue weighted by Crippen LogP contribution is 2.25. The molecule has 0 saturated heterocycles. The molecule has 1 aromatic rings. The van der Waals surface area contributed by atoms with Gasteiger partial charge in [-0.1, -0.05) is 6.07 Å². The van der Waals surface area contributed by atoms with E-state index in [2.05, 4.69) is 0 Å². The fourth-order valence-electron chi connectivity index (χ4n) is 1.42. The third-order valence-electron chi connectivity index (χ3n) is 2.16. The molecule has 8 heteroatoms. The van der Waals surface area contributed by atoms with Crippen molar-refractivity contribution >= 4 is 23.6 Å². The number of nitrogens with two attached hydrogens (primary N) is 2. The van der Waals surface area contributed by atoms with E-state index in [0.717, 1.165) is 0 Å². The molecule has 0 aromatic heterocycles. The number of nitrogens with one attached hydrogen (secondary N) is 1. The van der Waals surface area contributed by atoms with Gasteiger partial charge in [0.2, 0.25) is 0 Å². The molecule has 1 rings (SSSR count). The Morgan fingerprint density at radius 3 is 2.60 bits per heavy atom. The summed E-state index contributed by atoms with van der Waals surface area (Å²) in [5.41, 5.74) is 10.6. The normalized spacial score (nSPS) is 9.65. The minimum atomic E-state index is -1.03. The second kappa shape index (κ2) is 6.98. The zero-order chi connectivity index (χ0) is 15.1. The van der Waals surface area contributed by atoms with E-state index in [1.807, 2.05) is 0 Å². The maximum Gasteiger partial charge on any atom is 0.344 e. The number of carbonyl (C=O) groups is 3. The Bertz CT molecular complexity index is 530. The molecule has 0 radical (unpaired) electrons. The fourth-order valence-corrected chi connectivity index (χ4v) is 1.42. The van der Waals surface area contributed by atoms with Crippen LogP contribution in [0.4, 0.5) is 10.5 Å². The van der Waals surface area contributed by atoms with Gasteiger partial charge in [-0.05, 0) is 19.1 Å². The molecule has 8 nitrogen and oxygen atoms in total. The fraction of sp³-hybridized carbons (Fsp3) is 0.250. The molecular formula is C12H15N3O5. The lowest BCUT2D eigenvalue weighted by Gasteiger charge is -2.11. The Kier molecular flexibility index (Phi) is 5.33. The van der Waals surface area contributed by atoms with Crippen molar-refractivity contribution in [3.05, 3.63) is 23.8 Å². The van der Waals surface area contributed by atoms with Crippen LogP contribution in [-0.2, 0) is 9.53 Å². The van der Waals surface area contributed by atoms with Crippen LogP contribution in [0.1, 0.15) is 17.3 Å². The number of imide groups is 1. The highest BCUT2D eigenvalue weighted by molar-refractivity contribution is 6.00. The molecule has 20 heavy (non-hydrogen) atoms. The van der Waals surface area contributed by atoms with Crippen molar-refractivity contribution in [1.82, 2.24) is 5.32 Å². The number of benzene rings is 1. The third-order valence-corrected chi connectivity index (χ3v) is 2.16. The molecule has 5 N–H and O–H groups in total. The van der Waals surface area contributed by atoms with E-state index in [0.29, 0.717) is 6.61 Å². The molecule has 0 saturated carbocycles. The molecule has 0 spiro atoms. The highest BCUT2D eigenvalue weighted by atomic mass is 16.5. The summed E-state index contributed by atoms with van der Waals surface area (Å²) >= 11 is 0. The van der Waals surface area contributed by atoms with Crippen LogP contribution < -0.4 is 21.5 Å². The van der Waals surface area contributed by atoms with E-state index in [4.69, 9.17) is 20.9 Å². The molecule has 0 unspecified atom stereocenters. The Morgan fingerprint density at radius 2 is 2.00 bits per heavy atom. The number of ether oxygens (including phenoxy) is 2. The van der Waals surface area contributed by atoms with Gasteiger partial charge in [-0.15, -0.1) is 0 Å². The van der Waals surface area contributed by atoms with Crippen LogP contribution in [0.5, 0.6) is 5.75 Å². The van der Waals surface area contributed by atoms with Gasteiger partial charge in [0.1, 0.15) is 11.3 Å². The minimum Gasteiger partial charge on any atom is -0.493 e. The first-order valence-electron chi connectivity index (χ1n) is 5.73. The van der Waals surface area contributed by atoms with Crippen molar-refractivity contribution in [3.63, 3.8) is 0 Å². The minimum absolute atomic E-state index is 0.0289. The lowest BCUT2D eigenvalue weighted by atomic mass is 10.1. The van der Waals surface area contributed by atoms with Gasteiger partial charge in [0.05, 0.1) is 6.61 Å². The van der Waals surface area contributed by atoms with Gasteiger partial charge in [-0.2, -0.15) is 0 Å². The summed E-state index contributed by atoms with van der Waals surface area (Å²) < 4.78 is 9.99. The number of hydrogen-bond acceptors (Lipinski definition) is 6. The maximum absolute atomic E-state index is 11.9. The number of primary amides is 1. The topological polar surface area (TPSA) is 134 Å². The Hall–Kier alpha value is -2.77. The number of urea groups is 1. The van der Waals surface area contributed by atoms with Crippen LogP contribution in [0, 0.1) is 0 Å². The van der Waals surface area contributed by atoms with Crippen LogP contribution in [0.2, 0.25) is 0 Å². The molecule has 3 amide bonds. The van der Waals surface area contributed by atoms with E-state index in [9.17, 15) is 14.4 Å². The average molecular weight is 281 g/mol. The number of rotatable bonds is 5. The maximum atomic E-state index is 11.9. The van der Waals surface area contributed by atoms with Crippen molar-refractivity contribution in [3.8, 4) is 5.75 Å². The van der Waals surface area contributed by atoms with Crippen molar-refractivity contribution in [2.75, 3.05) is 18.9 Å². The van der Waals surface area contributed by atoms with Crippen LogP contribution in [0.3, 0.4) is 0 Å². The summed E-state index contributed by atoms with van der Waals surface area (Å²) in [6, 6.07) is 3.65. The second-order valence-corrected chi connectivity index (χ2v) is 3.64. The lowest BCUT2D eigenvalue weighted by Crippen LogP contribution is -2.37. The van der Waals surface area contributed by atoms with Gasteiger partial charge in [-0.25, -0.2) is 9.59 Å². The van der Waals surface area contributed by atoms with Crippen LogP contribution in [0.25, 0.3) is 0 Å². The molecule has 0 aliphatic rings. The second-order valence-electron chi connectivity index (χ2n) is 3.64. The summed E-state index contributed by atoms with van der Waals surface area (Å²) in [5.74, 6) is -1.41. The van der Waals surface area contributed by atoms with Gasteiger partial charge in [0.25, 0.3) is 5.91 Å². The SMILES string of the molecule is CCOc1cccc(N)c1C(=O)OCC(=O)NC(N)=O. The summed E-state index contributed by atoms with van der Waals surface area (Å²) in [6.07, 6.45) is 0. The standard InChI is InChI=1S/C12H15N3O5/c1-2-19-8-5-3-4-7(13)10(8)11(17)20-6-9(16)15-12(14)18/h3-5H,2,6,13H2,1H3,(H3,14,15,16,18). The summed E-state index contributed by atoms with van der Waals surface area (Å²) in [7, 11) is 0. The number of carbonyl (C=O) groups excluding carboxylic acids is 3. The molecule has 0 aliphatic heterocycles. The molecule has 1 aromatic carbocycles. The molecule has 0 heterocycles. The van der Waals surface area contributed by atoms with Crippen LogP contribution in [0.15, 0.2) is 18.2 Å². The van der Waals surface area contributed by atoms with E-state index in [-0.39, 0.29) is 17.0 Å². The molecule has 0 fully saturated rings. The Morgan fingerprint density at radius 1 is 1.30 bits per heavy atom. The summed E-state index contributed by atoms with van der Waals surface area (Å²) in [5, 5.41) is 1.76. The van der Waals surface area contributed by atoms with Crippen LogP contribution >= 0.6 is 0 Å². The quantitative estimate of drug-likeness (QED) is 0.514. The highest BCUT2D eigenvalue weighted by Gasteiger charge is 2.19. The van der Waals surface area contributed by atoms with Crippen molar-refractivity contribution in [2.45, 2.75) is 6.92 Å². The monoisotopic (exact) mass is 281 g/mol. The number of nitrogen functional groups attached to an aromatic ring is 1. The molecule has 0 aliphatic carbocycles. The average Bonchev–Trinajstić information content (AvgIpc) is 2.36. The number of anilines is 1. The van der Waals surface area contributed by atoms with Gasteiger partial charge in [0.15, 0.2) is 6.61 Å². The van der Waals surface area contributed by atoms with Gasteiger partial charge in [-0.3, -0.25) is 10.1 Å². The van der Waals surface area contributed by atoms with E-state index in [1.54, 1.807) is 24.4 Å². The van der Waals surface area contributed by atoms with E-state index >= 15 is 0 Å². The predicted octanol–water partition coefficient (Wildman–Crippen LogP) is 0.0192. The predicted molar refractivity (Wildman–Crippen MR) is 70.0 cm³/mol. The summed E-state index contributed by atoms with van der Waals surface area (Å²) in [6.45, 7) is 1.44. The molecule has 108 valence electrons. The van der Waals surface area contributed by atoms with Crippen LogP contribution in [-0.4, -0.2) is 31.1 Å². The van der Waals surface area contributed by atoms with Gasteiger partial charge < -0.3 is 20.9 Å². The smallest absolute Gasteiger partial charge is 0.344 e. The largest absolute Gasteiger partial charge is 0.493 e. The van der Waals surface area contributed by atoms with Gasteiger partial charge in [0, 0.05) is 5.69 Å². The molecule has 0 atom stereocenters.